The van der Waals surface area contributed by atoms with Gasteiger partial charge in [0.15, 0.2) is 0 Å². The lowest BCUT2D eigenvalue weighted by Gasteiger charge is -2.11. The van der Waals surface area contributed by atoms with Gasteiger partial charge in [-0.2, -0.15) is 5.10 Å². The molecule has 0 saturated heterocycles. The smallest absolute Gasteiger partial charge is 0.0678 e. The van der Waals surface area contributed by atoms with Gasteiger partial charge in [0.25, 0.3) is 0 Å². The zero-order valence-corrected chi connectivity index (χ0v) is 12.9. The standard InChI is InChI=1S/C15H18BrN3/c1-10-7-13(16)5-6-14(10)19-15(11-3-4-11)12(8-17-2)9-18-19/h5-7,9,11,17H,3-4,8H2,1-2H3. The summed E-state index contributed by atoms with van der Waals surface area (Å²) in [5, 5.41) is 7.85. The van der Waals surface area contributed by atoms with Gasteiger partial charge in [-0.05, 0) is 50.6 Å². The normalized spacial score (nSPS) is 14.9. The summed E-state index contributed by atoms with van der Waals surface area (Å²) in [5.74, 6) is 0.689. The van der Waals surface area contributed by atoms with E-state index in [4.69, 9.17) is 0 Å². The molecule has 1 aliphatic carbocycles. The summed E-state index contributed by atoms with van der Waals surface area (Å²) >= 11 is 3.52. The number of halogens is 1. The van der Waals surface area contributed by atoms with Gasteiger partial charge in [-0.3, -0.25) is 0 Å². The first-order chi connectivity index (χ1) is 9.20. The highest BCUT2D eigenvalue weighted by molar-refractivity contribution is 9.10. The van der Waals surface area contributed by atoms with Crippen LogP contribution < -0.4 is 5.32 Å². The Morgan fingerprint density at radius 2 is 2.21 bits per heavy atom. The molecule has 100 valence electrons. The third-order valence-corrected chi connectivity index (χ3v) is 4.10. The maximum Gasteiger partial charge on any atom is 0.0678 e. The minimum Gasteiger partial charge on any atom is -0.316 e. The van der Waals surface area contributed by atoms with E-state index in [1.807, 2.05) is 13.2 Å². The number of hydrogen-bond acceptors (Lipinski definition) is 2. The largest absolute Gasteiger partial charge is 0.316 e. The van der Waals surface area contributed by atoms with Crippen molar-refractivity contribution in [2.75, 3.05) is 7.05 Å². The van der Waals surface area contributed by atoms with Crippen LogP contribution in [-0.2, 0) is 6.54 Å². The maximum atomic E-state index is 4.62. The molecule has 0 radical (unpaired) electrons. The summed E-state index contributed by atoms with van der Waals surface area (Å²) in [7, 11) is 1.99. The molecule has 1 aromatic carbocycles. The molecule has 0 amide bonds. The Hall–Kier alpha value is -1.13. The van der Waals surface area contributed by atoms with E-state index in [1.165, 1.54) is 35.3 Å². The summed E-state index contributed by atoms with van der Waals surface area (Å²) in [5.41, 5.74) is 5.15. The highest BCUT2D eigenvalue weighted by atomic mass is 79.9. The summed E-state index contributed by atoms with van der Waals surface area (Å²) in [4.78, 5) is 0. The van der Waals surface area contributed by atoms with Gasteiger partial charge in [-0.1, -0.05) is 15.9 Å². The first-order valence-electron chi connectivity index (χ1n) is 6.68. The molecule has 0 spiro atoms. The van der Waals surface area contributed by atoms with Gasteiger partial charge < -0.3 is 5.32 Å². The molecule has 2 aromatic rings. The van der Waals surface area contributed by atoms with Crippen LogP contribution in [0.3, 0.4) is 0 Å². The van der Waals surface area contributed by atoms with Crippen molar-refractivity contribution in [2.24, 2.45) is 0 Å². The lowest BCUT2D eigenvalue weighted by atomic mass is 10.1. The van der Waals surface area contributed by atoms with E-state index in [9.17, 15) is 0 Å². The zero-order chi connectivity index (χ0) is 13.4. The van der Waals surface area contributed by atoms with Crippen molar-refractivity contribution in [3.8, 4) is 5.69 Å². The molecular weight excluding hydrogens is 302 g/mol. The molecule has 0 atom stereocenters. The summed E-state index contributed by atoms with van der Waals surface area (Å²) in [6, 6.07) is 6.37. The second-order valence-electron chi connectivity index (χ2n) is 5.20. The molecule has 3 rings (SSSR count). The predicted octanol–water partition coefficient (Wildman–Crippen LogP) is 3.54. The van der Waals surface area contributed by atoms with Gasteiger partial charge in [0.05, 0.1) is 17.6 Å². The highest BCUT2D eigenvalue weighted by Crippen LogP contribution is 2.42. The Morgan fingerprint density at radius 3 is 2.84 bits per heavy atom. The van der Waals surface area contributed by atoms with E-state index in [0.29, 0.717) is 5.92 Å². The molecule has 1 N–H and O–H groups in total. The number of benzene rings is 1. The van der Waals surface area contributed by atoms with E-state index in [-0.39, 0.29) is 0 Å². The van der Waals surface area contributed by atoms with Crippen molar-refractivity contribution in [1.82, 2.24) is 15.1 Å². The van der Waals surface area contributed by atoms with Gasteiger partial charge in [0, 0.05) is 22.5 Å². The molecule has 1 aliphatic rings. The van der Waals surface area contributed by atoms with Gasteiger partial charge >= 0.3 is 0 Å². The van der Waals surface area contributed by atoms with Crippen LogP contribution in [0.4, 0.5) is 0 Å². The van der Waals surface area contributed by atoms with Crippen molar-refractivity contribution >= 4 is 15.9 Å². The summed E-state index contributed by atoms with van der Waals surface area (Å²) < 4.78 is 3.25. The fourth-order valence-electron chi connectivity index (χ4n) is 2.56. The number of nitrogens with zero attached hydrogens (tertiary/aromatic N) is 2. The number of nitrogens with one attached hydrogen (secondary N) is 1. The van der Waals surface area contributed by atoms with Crippen molar-refractivity contribution in [1.29, 1.82) is 0 Å². The molecule has 1 fully saturated rings. The third-order valence-electron chi connectivity index (χ3n) is 3.60. The van der Waals surface area contributed by atoms with Gasteiger partial charge in [-0.25, -0.2) is 4.68 Å². The number of aromatic nitrogens is 2. The van der Waals surface area contributed by atoms with Crippen molar-refractivity contribution in [3.05, 3.63) is 45.7 Å². The fraction of sp³-hybridized carbons (Fsp3) is 0.400. The van der Waals surface area contributed by atoms with E-state index in [0.717, 1.165) is 11.0 Å². The molecule has 1 heterocycles. The van der Waals surface area contributed by atoms with Gasteiger partial charge in [-0.15, -0.1) is 0 Å². The Morgan fingerprint density at radius 1 is 1.42 bits per heavy atom. The minimum atomic E-state index is 0.689. The summed E-state index contributed by atoms with van der Waals surface area (Å²) in [6.45, 7) is 3.03. The predicted molar refractivity (Wildman–Crippen MR) is 80.7 cm³/mol. The van der Waals surface area contributed by atoms with Crippen LogP contribution in [0.15, 0.2) is 28.9 Å². The molecule has 1 aromatic heterocycles. The van der Waals surface area contributed by atoms with Crippen LogP contribution in [-0.4, -0.2) is 16.8 Å². The van der Waals surface area contributed by atoms with Gasteiger partial charge in [0.1, 0.15) is 0 Å². The Balaban J connectivity index is 2.09. The second-order valence-corrected chi connectivity index (χ2v) is 6.12. The average Bonchev–Trinajstić information content (AvgIpc) is 3.12. The Kier molecular flexibility index (Phi) is 3.46. The van der Waals surface area contributed by atoms with Crippen LogP contribution in [0, 0.1) is 6.92 Å². The Bertz CT molecular complexity index is 599. The van der Waals surface area contributed by atoms with Crippen LogP contribution in [0.5, 0.6) is 0 Å². The quantitative estimate of drug-likeness (QED) is 0.934. The van der Waals surface area contributed by atoms with Crippen molar-refractivity contribution in [3.63, 3.8) is 0 Å². The van der Waals surface area contributed by atoms with Gasteiger partial charge in [0.2, 0.25) is 0 Å². The molecule has 0 bridgehead atoms. The van der Waals surface area contributed by atoms with Crippen LogP contribution in [0.25, 0.3) is 5.69 Å². The molecule has 19 heavy (non-hydrogen) atoms. The number of aryl methyl sites for hydroxylation is 1. The summed E-state index contributed by atoms with van der Waals surface area (Å²) in [6.07, 6.45) is 4.58. The molecule has 4 heteroatoms. The number of hydrogen-bond donors (Lipinski definition) is 1. The lowest BCUT2D eigenvalue weighted by molar-refractivity contribution is 0.772. The first kappa shape index (κ1) is 12.9. The zero-order valence-electron chi connectivity index (χ0n) is 11.3. The number of rotatable bonds is 4. The highest BCUT2D eigenvalue weighted by Gasteiger charge is 2.30. The Labute approximate surface area is 122 Å². The van der Waals surface area contributed by atoms with Crippen LogP contribution in [0.2, 0.25) is 0 Å². The fourth-order valence-corrected chi connectivity index (χ4v) is 3.03. The van der Waals surface area contributed by atoms with E-state index in [2.05, 4.69) is 56.2 Å². The monoisotopic (exact) mass is 319 g/mol. The third kappa shape index (κ3) is 2.47. The topological polar surface area (TPSA) is 29.9 Å². The minimum absolute atomic E-state index is 0.689. The van der Waals surface area contributed by atoms with E-state index in [1.54, 1.807) is 0 Å². The van der Waals surface area contributed by atoms with Crippen molar-refractivity contribution < 1.29 is 0 Å². The first-order valence-corrected chi connectivity index (χ1v) is 7.48. The molecule has 3 nitrogen and oxygen atoms in total. The van der Waals surface area contributed by atoms with E-state index < -0.39 is 0 Å². The lowest BCUT2D eigenvalue weighted by Crippen LogP contribution is -2.09. The van der Waals surface area contributed by atoms with Crippen LogP contribution in [0.1, 0.15) is 35.6 Å². The maximum absolute atomic E-state index is 4.62. The second kappa shape index (κ2) is 5.10. The molecule has 0 unspecified atom stereocenters. The molecule has 0 aliphatic heterocycles. The SMILES string of the molecule is CNCc1cnn(-c2ccc(Br)cc2C)c1C1CC1. The average molecular weight is 320 g/mol. The van der Waals surface area contributed by atoms with Crippen molar-refractivity contribution in [2.45, 2.75) is 32.2 Å². The van der Waals surface area contributed by atoms with Crippen LogP contribution >= 0.6 is 15.9 Å². The molecule has 1 saturated carbocycles. The van der Waals surface area contributed by atoms with E-state index >= 15 is 0 Å². The molecular formula is C15H18BrN3.